The Hall–Kier alpha value is -2.40. The van der Waals surface area contributed by atoms with Crippen molar-refractivity contribution in [3.05, 3.63) is 77.4 Å². The first-order valence-corrected chi connectivity index (χ1v) is 10.5. The van der Waals surface area contributed by atoms with Gasteiger partial charge in [-0.15, -0.1) is 0 Å². The van der Waals surface area contributed by atoms with Crippen LogP contribution >= 0.6 is 0 Å². The summed E-state index contributed by atoms with van der Waals surface area (Å²) >= 11 is 0. The predicted octanol–water partition coefficient (Wildman–Crippen LogP) is 3.40. The normalized spacial score (nSPS) is 20.0. The van der Waals surface area contributed by atoms with Gasteiger partial charge in [0.25, 0.3) is 0 Å². The SMILES string of the molecule is Cc1ccccc1/C=C/C(=O)N1CCC(c2ccccc2)S(=O)(=O)CC1. The molecule has 0 bridgehead atoms. The minimum atomic E-state index is -3.27. The van der Waals surface area contributed by atoms with Crippen LogP contribution in [0.15, 0.2) is 60.7 Å². The quantitative estimate of drug-likeness (QED) is 0.779. The number of nitrogens with zero attached hydrogens (tertiary/aromatic N) is 1. The van der Waals surface area contributed by atoms with Crippen LogP contribution in [0.4, 0.5) is 0 Å². The van der Waals surface area contributed by atoms with Gasteiger partial charge in [-0.05, 0) is 36.1 Å². The van der Waals surface area contributed by atoms with Crippen molar-refractivity contribution in [2.45, 2.75) is 18.6 Å². The highest BCUT2D eigenvalue weighted by Gasteiger charge is 2.32. The molecule has 136 valence electrons. The Bertz CT molecular complexity index is 904. The zero-order valence-corrected chi connectivity index (χ0v) is 15.7. The van der Waals surface area contributed by atoms with Gasteiger partial charge >= 0.3 is 0 Å². The molecule has 4 nitrogen and oxygen atoms in total. The van der Waals surface area contributed by atoms with Crippen molar-refractivity contribution < 1.29 is 13.2 Å². The third-order valence-electron chi connectivity index (χ3n) is 4.82. The van der Waals surface area contributed by atoms with Crippen molar-refractivity contribution >= 4 is 21.8 Å². The van der Waals surface area contributed by atoms with Gasteiger partial charge in [-0.25, -0.2) is 8.42 Å². The molecule has 0 aliphatic carbocycles. The predicted molar refractivity (Wildman–Crippen MR) is 104 cm³/mol. The van der Waals surface area contributed by atoms with Gasteiger partial charge in [-0.2, -0.15) is 0 Å². The summed E-state index contributed by atoms with van der Waals surface area (Å²) in [6, 6.07) is 17.1. The Labute approximate surface area is 155 Å². The molecule has 1 saturated heterocycles. The lowest BCUT2D eigenvalue weighted by atomic mass is 10.1. The Balaban J connectivity index is 1.73. The molecule has 2 aromatic rings. The molecule has 2 aromatic carbocycles. The number of hydrogen-bond acceptors (Lipinski definition) is 3. The minimum Gasteiger partial charge on any atom is -0.338 e. The minimum absolute atomic E-state index is 0.00347. The van der Waals surface area contributed by atoms with Crippen molar-refractivity contribution in [2.75, 3.05) is 18.8 Å². The standard InChI is InChI=1S/C21H23NO3S/c1-17-7-5-6-8-18(17)11-12-21(23)22-14-13-20(26(24,25)16-15-22)19-9-3-2-4-10-19/h2-12,20H,13-16H2,1H3/b12-11+. The molecule has 1 atom stereocenters. The molecule has 3 rings (SSSR count). The number of aryl methyl sites for hydroxylation is 1. The van der Waals surface area contributed by atoms with Crippen molar-refractivity contribution in [1.29, 1.82) is 0 Å². The summed E-state index contributed by atoms with van der Waals surface area (Å²) in [5.74, 6) is -0.145. The molecule has 0 N–H and O–H groups in total. The Morgan fingerprint density at radius 1 is 1.04 bits per heavy atom. The molecule has 1 heterocycles. The molecule has 1 aliphatic rings. The zero-order chi connectivity index (χ0) is 18.6. The number of carbonyl (C=O) groups excluding carboxylic acids is 1. The smallest absolute Gasteiger partial charge is 0.246 e. The summed E-state index contributed by atoms with van der Waals surface area (Å²) in [5, 5.41) is -0.540. The first-order chi connectivity index (χ1) is 12.5. The topological polar surface area (TPSA) is 54.5 Å². The first-order valence-electron chi connectivity index (χ1n) is 8.76. The number of sulfone groups is 1. The molecule has 0 aromatic heterocycles. The van der Waals surface area contributed by atoms with E-state index in [-0.39, 0.29) is 18.2 Å². The fourth-order valence-corrected chi connectivity index (χ4v) is 5.04. The van der Waals surface area contributed by atoms with E-state index in [1.165, 1.54) is 6.08 Å². The Morgan fingerprint density at radius 2 is 1.73 bits per heavy atom. The van der Waals surface area contributed by atoms with E-state index in [2.05, 4.69) is 0 Å². The van der Waals surface area contributed by atoms with Crippen LogP contribution in [0.3, 0.4) is 0 Å². The van der Waals surface area contributed by atoms with Crippen LogP contribution in [0.2, 0.25) is 0 Å². The van der Waals surface area contributed by atoms with Gasteiger partial charge in [0, 0.05) is 19.2 Å². The van der Waals surface area contributed by atoms with Crippen molar-refractivity contribution in [3.63, 3.8) is 0 Å². The van der Waals surface area contributed by atoms with Gasteiger partial charge in [0.2, 0.25) is 5.91 Å². The first kappa shape index (κ1) is 18.4. The van der Waals surface area contributed by atoms with Crippen LogP contribution < -0.4 is 0 Å². The third-order valence-corrected chi connectivity index (χ3v) is 6.94. The van der Waals surface area contributed by atoms with Gasteiger partial charge in [0.1, 0.15) is 0 Å². The van der Waals surface area contributed by atoms with Crippen molar-refractivity contribution in [1.82, 2.24) is 4.90 Å². The second kappa shape index (κ2) is 7.87. The summed E-state index contributed by atoms with van der Waals surface area (Å²) in [6.07, 6.45) is 3.76. The summed E-state index contributed by atoms with van der Waals surface area (Å²) in [5.41, 5.74) is 2.89. The van der Waals surface area contributed by atoms with Gasteiger partial charge in [0.15, 0.2) is 9.84 Å². The fourth-order valence-electron chi connectivity index (χ4n) is 3.25. The second-order valence-electron chi connectivity index (χ2n) is 6.57. The van der Waals surface area contributed by atoms with Crippen LogP contribution in [0, 0.1) is 6.92 Å². The number of rotatable bonds is 3. The van der Waals surface area contributed by atoms with Crippen LogP contribution in [0.5, 0.6) is 0 Å². The summed E-state index contributed by atoms with van der Waals surface area (Å²) < 4.78 is 25.3. The fraction of sp³-hybridized carbons (Fsp3) is 0.286. The number of carbonyl (C=O) groups is 1. The molecule has 1 aliphatic heterocycles. The van der Waals surface area contributed by atoms with E-state index in [0.717, 1.165) is 16.7 Å². The van der Waals surface area contributed by atoms with E-state index in [9.17, 15) is 13.2 Å². The molecule has 1 amide bonds. The summed E-state index contributed by atoms with van der Waals surface area (Å²) in [6.45, 7) is 2.67. The number of amides is 1. The Morgan fingerprint density at radius 3 is 2.46 bits per heavy atom. The maximum atomic E-state index is 12.6. The van der Waals surface area contributed by atoms with E-state index >= 15 is 0 Å². The zero-order valence-electron chi connectivity index (χ0n) is 14.8. The molecule has 0 spiro atoms. The van der Waals surface area contributed by atoms with Crippen LogP contribution in [0.1, 0.15) is 28.4 Å². The molecule has 5 heteroatoms. The average Bonchev–Trinajstić information content (AvgIpc) is 2.79. The highest BCUT2D eigenvalue weighted by atomic mass is 32.2. The van der Waals surface area contributed by atoms with Crippen LogP contribution in [-0.2, 0) is 14.6 Å². The molecular formula is C21H23NO3S. The molecule has 0 radical (unpaired) electrons. The lowest BCUT2D eigenvalue weighted by Gasteiger charge is -2.18. The van der Waals surface area contributed by atoms with Crippen LogP contribution in [0.25, 0.3) is 6.08 Å². The van der Waals surface area contributed by atoms with E-state index in [0.29, 0.717) is 13.0 Å². The summed E-state index contributed by atoms with van der Waals surface area (Å²) in [7, 11) is -3.27. The summed E-state index contributed by atoms with van der Waals surface area (Å²) in [4.78, 5) is 14.2. The average molecular weight is 369 g/mol. The number of benzene rings is 2. The van der Waals surface area contributed by atoms with E-state index in [1.807, 2.05) is 61.5 Å². The lowest BCUT2D eigenvalue weighted by Crippen LogP contribution is -2.32. The second-order valence-corrected chi connectivity index (χ2v) is 8.87. The van der Waals surface area contributed by atoms with Gasteiger partial charge in [-0.3, -0.25) is 4.79 Å². The van der Waals surface area contributed by atoms with Gasteiger partial charge in [0.05, 0.1) is 11.0 Å². The molecule has 26 heavy (non-hydrogen) atoms. The van der Waals surface area contributed by atoms with E-state index in [4.69, 9.17) is 0 Å². The number of hydrogen-bond donors (Lipinski definition) is 0. The van der Waals surface area contributed by atoms with Crippen molar-refractivity contribution in [3.8, 4) is 0 Å². The van der Waals surface area contributed by atoms with Gasteiger partial charge in [-0.1, -0.05) is 54.6 Å². The van der Waals surface area contributed by atoms with E-state index < -0.39 is 15.1 Å². The molecule has 0 saturated carbocycles. The maximum absolute atomic E-state index is 12.6. The maximum Gasteiger partial charge on any atom is 0.246 e. The monoisotopic (exact) mass is 369 g/mol. The highest BCUT2D eigenvalue weighted by molar-refractivity contribution is 7.91. The van der Waals surface area contributed by atoms with Gasteiger partial charge < -0.3 is 4.90 Å². The van der Waals surface area contributed by atoms with Crippen LogP contribution in [-0.4, -0.2) is 38.1 Å². The molecule has 1 unspecified atom stereocenters. The highest BCUT2D eigenvalue weighted by Crippen LogP contribution is 2.29. The van der Waals surface area contributed by atoms with Crippen molar-refractivity contribution in [2.24, 2.45) is 0 Å². The largest absolute Gasteiger partial charge is 0.338 e. The van der Waals surface area contributed by atoms with E-state index in [1.54, 1.807) is 11.0 Å². The molecular weight excluding hydrogens is 346 g/mol. The Kier molecular flexibility index (Phi) is 5.57. The third kappa shape index (κ3) is 4.22. The molecule has 1 fully saturated rings. The lowest BCUT2D eigenvalue weighted by molar-refractivity contribution is -0.125.